The first kappa shape index (κ1) is 18.2. The van der Waals surface area contributed by atoms with Gasteiger partial charge in [0.25, 0.3) is 0 Å². The first-order valence-electron chi connectivity index (χ1n) is 7.66. The fraction of sp³-hybridized carbons (Fsp3) is 0.158. The Kier molecular flexibility index (Phi) is 5.70. The smallest absolute Gasteiger partial charge is 0.203 e. The quantitative estimate of drug-likeness (QED) is 0.431. The Labute approximate surface area is 159 Å². The summed E-state index contributed by atoms with van der Waals surface area (Å²) < 4.78 is 15.8. The lowest BCUT2D eigenvalue weighted by molar-refractivity contribution is 0.104. The number of methoxy groups -OCH3 is 3. The van der Waals surface area contributed by atoms with Gasteiger partial charge in [0.15, 0.2) is 17.3 Å². The number of aromatic nitrogens is 1. The van der Waals surface area contributed by atoms with Crippen LogP contribution in [-0.4, -0.2) is 32.1 Å². The van der Waals surface area contributed by atoms with Crippen molar-refractivity contribution >= 4 is 34.5 Å². The fourth-order valence-corrected chi connectivity index (χ4v) is 3.86. The van der Waals surface area contributed by atoms with Gasteiger partial charge in [-0.05, 0) is 35.7 Å². The Bertz CT molecular complexity index is 904. The van der Waals surface area contributed by atoms with Gasteiger partial charge in [-0.1, -0.05) is 0 Å². The van der Waals surface area contributed by atoms with E-state index in [0.29, 0.717) is 22.8 Å². The molecule has 2 aromatic heterocycles. The molecule has 0 unspecified atom stereocenters. The number of nitrogens with zero attached hydrogens (tertiary/aromatic N) is 1. The van der Waals surface area contributed by atoms with E-state index in [1.807, 2.05) is 22.2 Å². The number of benzene rings is 1. The van der Waals surface area contributed by atoms with Crippen molar-refractivity contribution in [1.29, 1.82) is 0 Å². The highest BCUT2D eigenvalue weighted by Gasteiger charge is 2.15. The van der Waals surface area contributed by atoms with Crippen LogP contribution in [0.1, 0.15) is 16.1 Å². The standard InChI is InChI=1S/C19H17NO4S2/c1-22-16-8-13(9-17(23-2)18(16)24-3)15(21)5-4-14-11-26-19(20-14)12-6-7-25-10-12/h4-11H,1-3H3/b5-4+. The molecule has 0 N–H and O–H groups in total. The maximum Gasteiger partial charge on any atom is 0.203 e. The molecule has 0 saturated heterocycles. The zero-order valence-electron chi connectivity index (χ0n) is 14.5. The lowest BCUT2D eigenvalue weighted by Crippen LogP contribution is -2.00. The van der Waals surface area contributed by atoms with Crippen LogP contribution in [0.4, 0.5) is 0 Å². The summed E-state index contributed by atoms with van der Waals surface area (Å²) in [4.78, 5) is 17.1. The summed E-state index contributed by atoms with van der Waals surface area (Å²) in [6.45, 7) is 0. The molecule has 0 fully saturated rings. The van der Waals surface area contributed by atoms with E-state index in [0.717, 1.165) is 16.3 Å². The highest BCUT2D eigenvalue weighted by Crippen LogP contribution is 2.38. The molecule has 1 aromatic carbocycles. The van der Waals surface area contributed by atoms with Gasteiger partial charge >= 0.3 is 0 Å². The van der Waals surface area contributed by atoms with Gasteiger partial charge in [-0.15, -0.1) is 11.3 Å². The van der Waals surface area contributed by atoms with Crippen molar-refractivity contribution in [2.45, 2.75) is 0 Å². The molecule has 0 bridgehead atoms. The van der Waals surface area contributed by atoms with Gasteiger partial charge in [0.1, 0.15) is 5.01 Å². The third kappa shape index (κ3) is 3.79. The Balaban J connectivity index is 1.82. The summed E-state index contributed by atoms with van der Waals surface area (Å²) in [5.41, 5.74) is 2.29. The Morgan fingerprint density at radius 2 is 1.81 bits per heavy atom. The summed E-state index contributed by atoms with van der Waals surface area (Å²) >= 11 is 3.18. The Morgan fingerprint density at radius 3 is 2.38 bits per heavy atom. The molecule has 3 rings (SSSR count). The van der Waals surface area contributed by atoms with Gasteiger partial charge in [-0.2, -0.15) is 11.3 Å². The monoisotopic (exact) mass is 387 g/mol. The maximum atomic E-state index is 12.5. The van der Waals surface area contributed by atoms with Crippen LogP contribution in [-0.2, 0) is 0 Å². The van der Waals surface area contributed by atoms with E-state index in [-0.39, 0.29) is 5.78 Å². The average molecular weight is 387 g/mol. The molecular formula is C19H17NO4S2. The molecular weight excluding hydrogens is 370 g/mol. The van der Waals surface area contributed by atoms with E-state index in [1.54, 1.807) is 40.9 Å². The minimum absolute atomic E-state index is 0.172. The molecule has 0 amide bonds. The molecule has 0 spiro atoms. The van der Waals surface area contributed by atoms with E-state index in [2.05, 4.69) is 4.98 Å². The summed E-state index contributed by atoms with van der Waals surface area (Å²) in [5, 5.41) is 6.92. The number of thiazole rings is 1. The summed E-state index contributed by atoms with van der Waals surface area (Å²) in [5.74, 6) is 1.17. The van der Waals surface area contributed by atoms with E-state index in [9.17, 15) is 4.79 Å². The van der Waals surface area contributed by atoms with Gasteiger partial charge < -0.3 is 14.2 Å². The first-order valence-corrected chi connectivity index (χ1v) is 9.49. The van der Waals surface area contributed by atoms with Crippen LogP contribution in [0, 0.1) is 0 Å². The summed E-state index contributed by atoms with van der Waals surface area (Å²) in [6, 6.07) is 5.29. The second kappa shape index (κ2) is 8.16. The van der Waals surface area contributed by atoms with Gasteiger partial charge in [0.05, 0.1) is 27.0 Å². The summed E-state index contributed by atoms with van der Waals surface area (Å²) in [7, 11) is 4.56. The summed E-state index contributed by atoms with van der Waals surface area (Å²) in [6.07, 6.45) is 3.20. The van der Waals surface area contributed by atoms with Crippen LogP contribution < -0.4 is 14.2 Å². The fourth-order valence-electron chi connectivity index (χ4n) is 2.36. The van der Waals surface area contributed by atoms with Crippen molar-refractivity contribution in [1.82, 2.24) is 4.98 Å². The van der Waals surface area contributed by atoms with E-state index in [4.69, 9.17) is 14.2 Å². The number of ether oxygens (including phenoxy) is 3. The Morgan fingerprint density at radius 1 is 1.08 bits per heavy atom. The Hall–Kier alpha value is -2.64. The lowest BCUT2D eigenvalue weighted by Gasteiger charge is -2.13. The molecule has 7 heteroatoms. The van der Waals surface area contributed by atoms with E-state index >= 15 is 0 Å². The van der Waals surface area contributed by atoms with Crippen molar-refractivity contribution in [3.05, 3.63) is 51.7 Å². The molecule has 3 aromatic rings. The lowest BCUT2D eigenvalue weighted by atomic mass is 10.1. The van der Waals surface area contributed by atoms with Crippen LogP contribution in [0.15, 0.2) is 40.4 Å². The van der Waals surface area contributed by atoms with Crippen LogP contribution in [0.5, 0.6) is 17.2 Å². The zero-order chi connectivity index (χ0) is 18.5. The molecule has 26 heavy (non-hydrogen) atoms. The number of carbonyl (C=O) groups excluding carboxylic acids is 1. The van der Waals surface area contributed by atoms with Crippen molar-refractivity contribution in [2.75, 3.05) is 21.3 Å². The molecule has 0 atom stereocenters. The predicted molar refractivity (Wildman–Crippen MR) is 105 cm³/mol. The van der Waals surface area contributed by atoms with Gasteiger partial charge in [-0.25, -0.2) is 4.98 Å². The second-order valence-corrected chi connectivity index (χ2v) is 6.84. The minimum atomic E-state index is -0.172. The van der Waals surface area contributed by atoms with Crippen LogP contribution in [0.25, 0.3) is 16.6 Å². The molecule has 0 aliphatic carbocycles. The number of ketones is 1. The minimum Gasteiger partial charge on any atom is -0.493 e. The molecule has 0 aliphatic heterocycles. The SMILES string of the molecule is COc1cc(C(=O)/C=C/c2csc(-c3ccsc3)n2)cc(OC)c1OC. The number of hydrogen-bond acceptors (Lipinski definition) is 7. The number of carbonyl (C=O) groups is 1. The third-order valence-electron chi connectivity index (χ3n) is 3.64. The molecule has 134 valence electrons. The van der Waals surface area contributed by atoms with E-state index in [1.165, 1.54) is 27.4 Å². The highest BCUT2D eigenvalue weighted by molar-refractivity contribution is 7.14. The maximum absolute atomic E-state index is 12.5. The third-order valence-corrected chi connectivity index (χ3v) is 5.24. The molecule has 2 heterocycles. The van der Waals surface area contributed by atoms with Crippen LogP contribution in [0.3, 0.4) is 0 Å². The van der Waals surface area contributed by atoms with Crippen molar-refractivity contribution in [3.63, 3.8) is 0 Å². The largest absolute Gasteiger partial charge is 0.493 e. The van der Waals surface area contributed by atoms with Crippen molar-refractivity contribution in [2.24, 2.45) is 0 Å². The number of rotatable bonds is 7. The number of thiophene rings is 1. The second-order valence-electron chi connectivity index (χ2n) is 5.20. The van der Waals surface area contributed by atoms with Gasteiger partial charge in [-0.3, -0.25) is 4.79 Å². The van der Waals surface area contributed by atoms with Crippen molar-refractivity contribution < 1.29 is 19.0 Å². The number of hydrogen-bond donors (Lipinski definition) is 0. The molecule has 0 saturated carbocycles. The molecule has 0 aliphatic rings. The predicted octanol–water partition coefficient (Wildman–Crippen LogP) is 4.79. The first-order chi connectivity index (χ1) is 12.7. The van der Waals surface area contributed by atoms with Crippen molar-refractivity contribution in [3.8, 4) is 27.8 Å². The van der Waals surface area contributed by atoms with Gasteiger partial charge in [0.2, 0.25) is 5.75 Å². The zero-order valence-corrected chi connectivity index (χ0v) is 16.1. The average Bonchev–Trinajstić information content (AvgIpc) is 3.36. The molecule has 5 nitrogen and oxygen atoms in total. The van der Waals surface area contributed by atoms with E-state index < -0.39 is 0 Å². The van der Waals surface area contributed by atoms with Gasteiger partial charge in [0, 0.05) is 21.9 Å². The molecule has 0 radical (unpaired) electrons. The van der Waals surface area contributed by atoms with Crippen LogP contribution in [0.2, 0.25) is 0 Å². The normalized spacial score (nSPS) is 10.9. The topological polar surface area (TPSA) is 57.7 Å². The van der Waals surface area contributed by atoms with Crippen LogP contribution >= 0.6 is 22.7 Å². The highest BCUT2D eigenvalue weighted by atomic mass is 32.1. The number of allylic oxidation sites excluding steroid dienone is 1.